The molecule has 0 aliphatic carbocycles. The van der Waals surface area contributed by atoms with Crippen molar-refractivity contribution in [1.29, 1.82) is 5.26 Å². The number of carboxylic acids is 1. The van der Waals surface area contributed by atoms with Crippen molar-refractivity contribution in [3.63, 3.8) is 0 Å². The number of benzene rings is 1. The van der Waals surface area contributed by atoms with Crippen molar-refractivity contribution < 1.29 is 19.1 Å². The van der Waals surface area contributed by atoms with E-state index in [0.29, 0.717) is 12.8 Å². The van der Waals surface area contributed by atoms with Crippen LogP contribution in [-0.4, -0.2) is 23.1 Å². The van der Waals surface area contributed by atoms with Crippen molar-refractivity contribution in [3.8, 4) is 6.07 Å². The lowest BCUT2D eigenvalue weighted by Crippen LogP contribution is -2.43. The molecular weight excluding hydrogens is 277 g/mol. The first kappa shape index (κ1) is 16.4. The van der Waals surface area contributed by atoms with E-state index in [1.165, 1.54) is 12.1 Å². The van der Waals surface area contributed by atoms with E-state index in [0.717, 1.165) is 12.5 Å². The predicted molar refractivity (Wildman–Crippen MR) is 74.2 cm³/mol. The van der Waals surface area contributed by atoms with Gasteiger partial charge in [0, 0.05) is 0 Å². The van der Waals surface area contributed by atoms with Gasteiger partial charge in [0.15, 0.2) is 0 Å². The molecule has 21 heavy (non-hydrogen) atoms. The summed E-state index contributed by atoms with van der Waals surface area (Å²) in [5.74, 6) is -1.89. The molecule has 7 heteroatoms. The Kier molecular flexibility index (Phi) is 6.14. The Balaban J connectivity index is 2.75. The molecule has 3 N–H and O–H groups in total. The Morgan fingerprint density at radius 3 is 2.76 bits per heavy atom. The molecule has 0 bridgehead atoms. The maximum atomic E-state index is 13.4. The zero-order chi connectivity index (χ0) is 15.8. The van der Waals surface area contributed by atoms with E-state index < -0.39 is 23.9 Å². The second kappa shape index (κ2) is 7.85. The standard InChI is InChI=1S/C14H16FN3O3/c1-2-3-6-12(13(19)20)18-14(21)17-11-7-4-5-10(15)9(11)8-16/h4-5,7,12H,2-3,6H2,1H3,(H,19,20)(H2,17,18,21)/t12-/m0/s1. The monoisotopic (exact) mass is 293 g/mol. The molecular formula is C14H16FN3O3. The van der Waals surface area contributed by atoms with Crippen molar-refractivity contribution in [2.45, 2.75) is 32.2 Å². The fourth-order valence-corrected chi connectivity index (χ4v) is 1.72. The smallest absolute Gasteiger partial charge is 0.326 e. The number of nitriles is 1. The van der Waals surface area contributed by atoms with Crippen LogP contribution in [0.15, 0.2) is 18.2 Å². The van der Waals surface area contributed by atoms with Gasteiger partial charge in [-0.3, -0.25) is 0 Å². The van der Waals surface area contributed by atoms with Crippen LogP contribution in [0.1, 0.15) is 31.7 Å². The van der Waals surface area contributed by atoms with Crippen molar-refractivity contribution in [1.82, 2.24) is 5.32 Å². The van der Waals surface area contributed by atoms with Crippen LogP contribution in [-0.2, 0) is 4.79 Å². The second-order valence-electron chi connectivity index (χ2n) is 4.41. The minimum absolute atomic E-state index is 0.00497. The van der Waals surface area contributed by atoms with Crippen molar-refractivity contribution in [2.24, 2.45) is 0 Å². The quantitative estimate of drug-likeness (QED) is 0.749. The molecule has 0 spiro atoms. The summed E-state index contributed by atoms with van der Waals surface area (Å²) in [5, 5.41) is 22.4. The number of nitrogens with one attached hydrogen (secondary N) is 2. The fraction of sp³-hybridized carbons (Fsp3) is 0.357. The molecule has 1 atom stereocenters. The lowest BCUT2D eigenvalue weighted by Gasteiger charge is -2.15. The maximum Gasteiger partial charge on any atom is 0.326 e. The van der Waals surface area contributed by atoms with Gasteiger partial charge in [0.2, 0.25) is 0 Å². The zero-order valence-electron chi connectivity index (χ0n) is 11.5. The predicted octanol–water partition coefficient (Wildman–Crippen LogP) is 2.46. The summed E-state index contributed by atoms with van der Waals surface area (Å²) in [4.78, 5) is 22.8. The van der Waals surface area contributed by atoms with E-state index in [-0.39, 0.29) is 11.3 Å². The molecule has 2 amide bonds. The Bertz CT molecular complexity index is 569. The minimum atomic E-state index is -1.14. The number of hydrogen-bond acceptors (Lipinski definition) is 3. The summed E-state index contributed by atoms with van der Waals surface area (Å²) in [6.45, 7) is 1.91. The van der Waals surface area contributed by atoms with Crippen molar-refractivity contribution in [3.05, 3.63) is 29.6 Å². The highest BCUT2D eigenvalue weighted by Gasteiger charge is 2.20. The van der Waals surface area contributed by atoms with Crippen LogP contribution in [0.4, 0.5) is 14.9 Å². The van der Waals surface area contributed by atoms with E-state index in [4.69, 9.17) is 10.4 Å². The van der Waals surface area contributed by atoms with Gasteiger partial charge < -0.3 is 15.7 Å². The van der Waals surface area contributed by atoms with Gasteiger partial charge >= 0.3 is 12.0 Å². The third-order valence-corrected chi connectivity index (χ3v) is 2.82. The fourth-order valence-electron chi connectivity index (χ4n) is 1.72. The van der Waals surface area contributed by atoms with Gasteiger partial charge in [-0.15, -0.1) is 0 Å². The number of halogens is 1. The van der Waals surface area contributed by atoms with Gasteiger partial charge in [-0.25, -0.2) is 14.0 Å². The highest BCUT2D eigenvalue weighted by atomic mass is 19.1. The van der Waals surface area contributed by atoms with Gasteiger partial charge in [-0.05, 0) is 18.6 Å². The molecule has 1 aromatic carbocycles. The maximum absolute atomic E-state index is 13.4. The summed E-state index contributed by atoms with van der Waals surface area (Å²) in [5.41, 5.74) is -0.303. The number of urea groups is 1. The number of aliphatic carboxylic acids is 1. The molecule has 0 heterocycles. The molecule has 0 fully saturated rings. The number of anilines is 1. The highest BCUT2D eigenvalue weighted by molar-refractivity contribution is 5.93. The van der Waals surface area contributed by atoms with Crippen molar-refractivity contribution in [2.75, 3.05) is 5.32 Å². The van der Waals surface area contributed by atoms with Gasteiger partial charge in [-0.2, -0.15) is 5.26 Å². The normalized spacial score (nSPS) is 11.3. The minimum Gasteiger partial charge on any atom is -0.480 e. The number of amides is 2. The SMILES string of the molecule is CCCC[C@H](NC(=O)Nc1cccc(F)c1C#N)C(=O)O. The van der Waals surface area contributed by atoms with Crippen LogP contribution in [0.2, 0.25) is 0 Å². The van der Waals surface area contributed by atoms with E-state index in [1.807, 2.05) is 6.92 Å². The largest absolute Gasteiger partial charge is 0.480 e. The van der Waals surface area contributed by atoms with Crippen LogP contribution in [0, 0.1) is 17.1 Å². The van der Waals surface area contributed by atoms with E-state index in [2.05, 4.69) is 10.6 Å². The highest BCUT2D eigenvalue weighted by Crippen LogP contribution is 2.17. The molecule has 0 saturated heterocycles. The third kappa shape index (κ3) is 4.76. The molecule has 1 rings (SSSR count). The number of carbonyl (C=O) groups is 2. The Hall–Kier alpha value is -2.62. The van der Waals surface area contributed by atoms with E-state index in [9.17, 15) is 14.0 Å². The lowest BCUT2D eigenvalue weighted by atomic mass is 10.1. The molecule has 0 radical (unpaired) electrons. The van der Waals surface area contributed by atoms with Crippen LogP contribution in [0.3, 0.4) is 0 Å². The molecule has 0 aliphatic heterocycles. The van der Waals surface area contributed by atoms with Crippen LogP contribution >= 0.6 is 0 Å². The molecule has 1 aromatic rings. The number of nitrogens with zero attached hydrogens (tertiary/aromatic N) is 1. The molecule has 112 valence electrons. The number of carbonyl (C=O) groups excluding carboxylic acids is 1. The number of unbranched alkanes of at least 4 members (excludes halogenated alkanes) is 1. The number of hydrogen-bond donors (Lipinski definition) is 3. The first-order valence-electron chi connectivity index (χ1n) is 6.48. The molecule has 0 aliphatic rings. The van der Waals surface area contributed by atoms with Gasteiger partial charge in [0.25, 0.3) is 0 Å². The summed E-state index contributed by atoms with van der Waals surface area (Å²) in [7, 11) is 0. The van der Waals surface area contributed by atoms with Crippen LogP contribution in [0.5, 0.6) is 0 Å². The topological polar surface area (TPSA) is 102 Å². The molecule has 0 unspecified atom stereocenters. The van der Waals surface area contributed by atoms with Gasteiger partial charge in [0.1, 0.15) is 23.5 Å². The Labute approximate surface area is 121 Å². The lowest BCUT2D eigenvalue weighted by molar-refractivity contribution is -0.139. The third-order valence-electron chi connectivity index (χ3n) is 2.82. The second-order valence-corrected chi connectivity index (χ2v) is 4.41. The number of carboxylic acid groups (broad SMARTS) is 1. The van der Waals surface area contributed by atoms with Gasteiger partial charge in [0.05, 0.1) is 5.69 Å². The average Bonchev–Trinajstić information content (AvgIpc) is 2.43. The first-order valence-corrected chi connectivity index (χ1v) is 6.48. The van der Waals surface area contributed by atoms with Crippen LogP contribution < -0.4 is 10.6 Å². The molecule has 0 saturated carbocycles. The molecule has 6 nitrogen and oxygen atoms in total. The summed E-state index contributed by atoms with van der Waals surface area (Å²) >= 11 is 0. The first-order chi connectivity index (χ1) is 9.99. The Morgan fingerprint density at radius 1 is 1.48 bits per heavy atom. The summed E-state index contributed by atoms with van der Waals surface area (Å²) in [6, 6.07) is 3.64. The summed E-state index contributed by atoms with van der Waals surface area (Å²) in [6.07, 6.45) is 1.75. The van der Waals surface area contributed by atoms with E-state index in [1.54, 1.807) is 6.07 Å². The Morgan fingerprint density at radius 2 is 2.19 bits per heavy atom. The zero-order valence-corrected chi connectivity index (χ0v) is 11.5. The van der Waals surface area contributed by atoms with Crippen molar-refractivity contribution >= 4 is 17.7 Å². The summed E-state index contributed by atoms with van der Waals surface area (Å²) < 4.78 is 13.4. The average molecular weight is 293 g/mol. The molecule has 0 aromatic heterocycles. The number of rotatable bonds is 6. The van der Waals surface area contributed by atoms with Crippen LogP contribution in [0.25, 0.3) is 0 Å². The van der Waals surface area contributed by atoms with Gasteiger partial charge in [-0.1, -0.05) is 25.8 Å². The van der Waals surface area contributed by atoms with E-state index >= 15 is 0 Å².